The summed E-state index contributed by atoms with van der Waals surface area (Å²) in [5.74, 6) is -0.613. The Morgan fingerprint density at radius 2 is 1.13 bits per heavy atom. The summed E-state index contributed by atoms with van der Waals surface area (Å²) in [5.41, 5.74) is 5.74. The third-order valence-corrected chi connectivity index (χ3v) is 6.55. The van der Waals surface area contributed by atoms with Crippen LogP contribution in [0.5, 0.6) is 0 Å². The Labute approximate surface area is 238 Å². The first-order chi connectivity index (χ1) is 18.6. The van der Waals surface area contributed by atoms with Gasteiger partial charge in [-0.05, 0) is 6.07 Å². The number of methoxy groups -OCH3 is 2. The number of carbonyl (C=O) groups is 2. The van der Waals surface area contributed by atoms with Crippen molar-refractivity contribution in [3.8, 4) is 22.3 Å². The second-order valence-electron chi connectivity index (χ2n) is 8.81. The van der Waals surface area contributed by atoms with Crippen LogP contribution in [0.4, 0.5) is 0 Å². The summed E-state index contributed by atoms with van der Waals surface area (Å²) in [6, 6.07) is 39.9. The molecule has 0 spiro atoms. The minimum atomic E-state index is -0.306. The van der Waals surface area contributed by atoms with Crippen molar-refractivity contribution in [1.29, 1.82) is 0 Å². The van der Waals surface area contributed by atoms with E-state index in [0.29, 0.717) is 11.1 Å². The van der Waals surface area contributed by atoms with Gasteiger partial charge in [0.15, 0.2) is 0 Å². The summed E-state index contributed by atoms with van der Waals surface area (Å²) in [6.45, 7) is 0. The second kappa shape index (κ2) is 12.4. The van der Waals surface area contributed by atoms with Gasteiger partial charge in [-0.3, -0.25) is 0 Å². The zero-order chi connectivity index (χ0) is 26.5. The van der Waals surface area contributed by atoms with Crippen LogP contribution >= 0.6 is 0 Å². The summed E-state index contributed by atoms with van der Waals surface area (Å²) >= 11 is 0. The predicted molar refractivity (Wildman–Crippen MR) is 153 cm³/mol. The van der Waals surface area contributed by atoms with Crippen LogP contribution in [0.2, 0.25) is 0 Å². The Hall–Kier alpha value is -4.44. The Bertz CT molecular complexity index is 1580. The molecule has 6 aromatic carbocycles. The standard InChI is InChI=1S/2C17H13O2.Fe/c2*1-19-17(18)14-10-9-13-7-4-8-15(16(13)11-14)12-5-2-3-6-12;/h2*2-11H,1H3;/q-5;-1;. The molecule has 0 saturated heterocycles. The van der Waals surface area contributed by atoms with Gasteiger partial charge in [-0.1, -0.05) is 52.7 Å². The van der Waals surface area contributed by atoms with Gasteiger partial charge in [0, 0.05) is 22.6 Å². The topological polar surface area (TPSA) is 52.6 Å². The molecule has 0 aliphatic carbocycles. The van der Waals surface area contributed by atoms with E-state index >= 15 is 0 Å². The maximum absolute atomic E-state index is 11.6. The van der Waals surface area contributed by atoms with Crippen molar-refractivity contribution in [1.82, 2.24) is 0 Å². The van der Waals surface area contributed by atoms with E-state index in [1.165, 1.54) is 14.2 Å². The maximum atomic E-state index is 11.6. The third-order valence-electron chi connectivity index (χ3n) is 6.55. The van der Waals surface area contributed by atoms with Crippen LogP contribution in [-0.2, 0) is 26.5 Å². The zero-order valence-electron chi connectivity index (χ0n) is 21.5. The van der Waals surface area contributed by atoms with Crippen LogP contribution in [0.15, 0.2) is 121 Å². The number of hydrogen-bond donors (Lipinski definition) is 0. The molecule has 0 N–H and O–H groups in total. The van der Waals surface area contributed by atoms with Crippen molar-refractivity contribution in [2.45, 2.75) is 0 Å². The van der Waals surface area contributed by atoms with Crippen molar-refractivity contribution in [3.63, 3.8) is 0 Å². The smallest absolute Gasteiger partial charge is 0.337 e. The number of esters is 2. The SMILES string of the molecule is COC(=O)c1ccc2cccc(-[c-]3[cH-][cH-][cH-][cH-]3)c2c1.COC(=O)c1ccc2cccc(-[c-]3cccc3)c2c1.[Fe]. The molecule has 0 aliphatic rings. The molecule has 39 heavy (non-hydrogen) atoms. The first-order valence-electron chi connectivity index (χ1n) is 12.3. The average Bonchev–Trinajstić information content (AvgIpc) is 3.71. The minimum absolute atomic E-state index is 0. The molecule has 0 bridgehead atoms. The van der Waals surface area contributed by atoms with Crippen molar-refractivity contribution >= 4 is 33.5 Å². The van der Waals surface area contributed by atoms with Crippen LogP contribution in [0.25, 0.3) is 43.8 Å². The number of benzene rings is 4. The van der Waals surface area contributed by atoms with Crippen LogP contribution in [0.3, 0.4) is 0 Å². The molecule has 200 valence electrons. The van der Waals surface area contributed by atoms with Gasteiger partial charge in [0.05, 0.1) is 19.8 Å². The van der Waals surface area contributed by atoms with Crippen molar-refractivity contribution in [2.24, 2.45) is 0 Å². The molecule has 0 aromatic heterocycles. The molecule has 6 rings (SSSR count). The van der Waals surface area contributed by atoms with Gasteiger partial charge in [0.2, 0.25) is 0 Å². The average molecular weight is 554 g/mol. The molecule has 0 radical (unpaired) electrons. The molecule has 0 fully saturated rings. The summed E-state index contributed by atoms with van der Waals surface area (Å²) in [5, 5.41) is 4.37. The molecular formula is C34H26FeO4-6. The molecule has 6 aromatic rings. The van der Waals surface area contributed by atoms with Gasteiger partial charge >= 0.3 is 11.9 Å². The molecule has 0 heterocycles. The van der Waals surface area contributed by atoms with Crippen LogP contribution in [-0.4, -0.2) is 26.2 Å². The first kappa shape index (κ1) is 27.6. The molecule has 0 amide bonds. The fourth-order valence-electron chi connectivity index (χ4n) is 4.65. The van der Waals surface area contributed by atoms with Crippen molar-refractivity contribution < 1.29 is 36.1 Å². The van der Waals surface area contributed by atoms with E-state index in [4.69, 9.17) is 9.47 Å². The molecular weight excluding hydrogens is 528 g/mol. The fraction of sp³-hybridized carbons (Fsp3) is 0.0588. The summed E-state index contributed by atoms with van der Waals surface area (Å²) < 4.78 is 9.55. The normalized spacial score (nSPS) is 10.3. The maximum Gasteiger partial charge on any atom is 0.337 e. The minimum Gasteiger partial charge on any atom is -0.641 e. The summed E-state index contributed by atoms with van der Waals surface area (Å²) in [7, 11) is 2.80. The Kier molecular flexibility index (Phi) is 8.77. The van der Waals surface area contributed by atoms with Gasteiger partial charge in [-0.15, -0.1) is 35.2 Å². The van der Waals surface area contributed by atoms with Crippen molar-refractivity contribution in [2.75, 3.05) is 14.2 Å². The summed E-state index contributed by atoms with van der Waals surface area (Å²) in [4.78, 5) is 23.3. The van der Waals surface area contributed by atoms with E-state index in [-0.39, 0.29) is 29.0 Å². The molecule has 5 heteroatoms. The molecule has 0 atom stereocenters. The van der Waals surface area contributed by atoms with Gasteiger partial charge in [0.1, 0.15) is 0 Å². The molecule has 0 saturated carbocycles. The number of hydrogen-bond acceptors (Lipinski definition) is 4. The molecule has 4 nitrogen and oxygen atoms in total. The molecule has 0 unspecified atom stereocenters. The van der Waals surface area contributed by atoms with Crippen molar-refractivity contribution in [3.05, 3.63) is 132 Å². The van der Waals surface area contributed by atoms with Gasteiger partial charge in [-0.25, -0.2) is 9.59 Å². The first-order valence-corrected chi connectivity index (χ1v) is 12.3. The Balaban J connectivity index is 0.000000176. The van der Waals surface area contributed by atoms with E-state index in [1.54, 1.807) is 12.1 Å². The quantitative estimate of drug-likeness (QED) is 0.126. The van der Waals surface area contributed by atoms with Crippen LogP contribution in [0, 0.1) is 0 Å². The number of carbonyl (C=O) groups excluding carboxylic acids is 2. The monoisotopic (exact) mass is 554 g/mol. The summed E-state index contributed by atoms with van der Waals surface area (Å²) in [6.07, 6.45) is 0. The fourth-order valence-corrected chi connectivity index (χ4v) is 4.65. The van der Waals surface area contributed by atoms with Gasteiger partial charge in [0.25, 0.3) is 0 Å². The third kappa shape index (κ3) is 5.85. The van der Waals surface area contributed by atoms with E-state index in [1.807, 2.05) is 72.8 Å². The van der Waals surface area contributed by atoms with E-state index in [0.717, 1.165) is 43.8 Å². The van der Waals surface area contributed by atoms with E-state index in [2.05, 4.69) is 36.4 Å². The second-order valence-corrected chi connectivity index (χ2v) is 8.81. The number of ether oxygens (including phenoxy) is 2. The Morgan fingerprint density at radius 3 is 1.64 bits per heavy atom. The van der Waals surface area contributed by atoms with Crippen LogP contribution in [0.1, 0.15) is 20.7 Å². The largest absolute Gasteiger partial charge is 0.641 e. The number of fused-ring (bicyclic) bond motifs is 2. The van der Waals surface area contributed by atoms with E-state index < -0.39 is 0 Å². The van der Waals surface area contributed by atoms with Gasteiger partial charge in [-0.2, -0.15) is 24.3 Å². The zero-order valence-corrected chi connectivity index (χ0v) is 22.6. The van der Waals surface area contributed by atoms with Crippen LogP contribution < -0.4 is 0 Å². The molecule has 0 aliphatic heterocycles. The van der Waals surface area contributed by atoms with E-state index in [9.17, 15) is 9.59 Å². The predicted octanol–water partition coefficient (Wildman–Crippen LogP) is 8.02. The Morgan fingerprint density at radius 1 is 0.641 bits per heavy atom. The number of rotatable bonds is 4. The van der Waals surface area contributed by atoms with Gasteiger partial charge < -0.3 is 56.3 Å².